The van der Waals surface area contributed by atoms with E-state index in [2.05, 4.69) is 9.78 Å². The van der Waals surface area contributed by atoms with Crippen LogP contribution < -0.4 is 29.6 Å². The number of hydrogen-bond donors (Lipinski definition) is 0. The minimum Gasteiger partial charge on any atom is -1.00 e. The third kappa shape index (κ3) is 12.4. The van der Waals surface area contributed by atoms with Gasteiger partial charge >= 0.3 is 35.5 Å². The van der Waals surface area contributed by atoms with Gasteiger partial charge in [0.15, 0.2) is 0 Å². The second-order valence-corrected chi connectivity index (χ2v) is 2.27. The molecule has 0 saturated heterocycles. The van der Waals surface area contributed by atoms with Crippen molar-refractivity contribution in [2.45, 2.75) is 26.7 Å². The Bertz CT molecular complexity index is 124. The summed E-state index contributed by atoms with van der Waals surface area (Å²) >= 11 is 0. The van der Waals surface area contributed by atoms with Gasteiger partial charge in [0.1, 0.15) is 6.61 Å². The molecule has 0 radical (unpaired) electrons. The van der Waals surface area contributed by atoms with Crippen LogP contribution in [0.25, 0.3) is 0 Å². The number of hydrogen-bond acceptors (Lipinski definition) is 4. The molecular formula is C8H17NaO4. The van der Waals surface area contributed by atoms with E-state index in [1.807, 2.05) is 13.8 Å². The van der Waals surface area contributed by atoms with Gasteiger partial charge < -0.3 is 6.16 Å². The molecule has 0 atom stereocenters. The van der Waals surface area contributed by atoms with Gasteiger partial charge in [-0.2, -0.15) is 4.89 Å². The van der Waals surface area contributed by atoms with E-state index in [1.165, 1.54) is 0 Å². The SMILES string of the molecule is CCCCOOC(=O)COCC.[H-].[Na+]. The van der Waals surface area contributed by atoms with Crippen LogP contribution in [0.1, 0.15) is 28.1 Å². The standard InChI is InChI=1S/C8H16O4.Na.H/c1-3-5-6-11-12-8(9)7-10-4-2;;/h3-7H2,1-2H3;;/q;+1;-1. The summed E-state index contributed by atoms with van der Waals surface area (Å²) < 4.78 is 4.80. The fraction of sp³-hybridized carbons (Fsp3) is 0.875. The van der Waals surface area contributed by atoms with Crippen LogP contribution in [0.4, 0.5) is 0 Å². The molecule has 0 aliphatic carbocycles. The molecule has 0 rings (SSSR count). The van der Waals surface area contributed by atoms with E-state index in [0.717, 1.165) is 12.8 Å². The zero-order valence-electron chi connectivity index (χ0n) is 9.67. The van der Waals surface area contributed by atoms with E-state index in [9.17, 15) is 4.79 Å². The average molecular weight is 200 g/mol. The van der Waals surface area contributed by atoms with Crippen LogP contribution >= 0.6 is 0 Å². The maximum Gasteiger partial charge on any atom is 1.00 e. The maximum absolute atomic E-state index is 10.7. The molecule has 74 valence electrons. The molecule has 0 aromatic heterocycles. The first-order valence-electron chi connectivity index (χ1n) is 4.21. The van der Waals surface area contributed by atoms with E-state index in [-0.39, 0.29) is 37.6 Å². The normalized spacial score (nSPS) is 9.08. The summed E-state index contributed by atoms with van der Waals surface area (Å²) in [6.45, 7) is 4.76. The third-order valence-electron chi connectivity index (χ3n) is 1.16. The number of carbonyl (C=O) groups is 1. The molecule has 0 spiro atoms. The van der Waals surface area contributed by atoms with Crippen molar-refractivity contribution >= 4 is 5.97 Å². The molecule has 5 heteroatoms. The molecule has 0 fully saturated rings. The quantitative estimate of drug-likeness (QED) is 0.215. The molecule has 4 nitrogen and oxygen atoms in total. The number of unbranched alkanes of at least 4 members (excludes halogenated alkanes) is 1. The smallest absolute Gasteiger partial charge is 1.00 e. The molecule has 0 N–H and O–H groups in total. The molecule has 0 aliphatic heterocycles. The van der Waals surface area contributed by atoms with Crippen LogP contribution in [0, 0.1) is 0 Å². The largest absolute Gasteiger partial charge is 1.00 e. The average Bonchev–Trinajstić information content (AvgIpc) is 2.09. The first kappa shape index (κ1) is 15.8. The van der Waals surface area contributed by atoms with Crippen LogP contribution in [0.2, 0.25) is 0 Å². The summed E-state index contributed by atoms with van der Waals surface area (Å²) in [6, 6.07) is 0. The monoisotopic (exact) mass is 200 g/mol. The van der Waals surface area contributed by atoms with Crippen molar-refractivity contribution < 1.29 is 50.3 Å². The van der Waals surface area contributed by atoms with Crippen LogP contribution in [-0.4, -0.2) is 25.8 Å². The minimum atomic E-state index is -0.479. The van der Waals surface area contributed by atoms with Crippen molar-refractivity contribution in [3.8, 4) is 0 Å². The van der Waals surface area contributed by atoms with E-state index >= 15 is 0 Å². The minimum absolute atomic E-state index is 0. The fourth-order valence-electron chi connectivity index (χ4n) is 0.520. The van der Waals surface area contributed by atoms with E-state index in [1.54, 1.807) is 0 Å². The van der Waals surface area contributed by atoms with Gasteiger partial charge in [0.25, 0.3) is 0 Å². The van der Waals surface area contributed by atoms with Crippen molar-refractivity contribution in [3.05, 3.63) is 0 Å². The molecule has 0 aromatic rings. The summed E-state index contributed by atoms with van der Waals surface area (Å²) in [5.41, 5.74) is 0. The Morgan fingerprint density at radius 3 is 2.62 bits per heavy atom. The molecular weight excluding hydrogens is 183 g/mol. The van der Waals surface area contributed by atoms with Gasteiger partial charge in [-0.1, -0.05) is 13.3 Å². The summed E-state index contributed by atoms with van der Waals surface area (Å²) in [7, 11) is 0. The molecule has 0 amide bonds. The van der Waals surface area contributed by atoms with Crippen molar-refractivity contribution in [2.75, 3.05) is 19.8 Å². The molecule has 0 saturated carbocycles. The molecule has 13 heavy (non-hydrogen) atoms. The van der Waals surface area contributed by atoms with Gasteiger partial charge in [-0.05, 0) is 13.3 Å². The van der Waals surface area contributed by atoms with Crippen molar-refractivity contribution in [1.29, 1.82) is 0 Å². The Balaban J connectivity index is -0.000000605. The summed E-state index contributed by atoms with van der Waals surface area (Å²) in [4.78, 5) is 19.7. The summed E-state index contributed by atoms with van der Waals surface area (Å²) in [5, 5.41) is 0. The van der Waals surface area contributed by atoms with Crippen molar-refractivity contribution in [2.24, 2.45) is 0 Å². The van der Waals surface area contributed by atoms with Crippen LogP contribution in [0.5, 0.6) is 0 Å². The third-order valence-corrected chi connectivity index (χ3v) is 1.16. The fourth-order valence-corrected chi connectivity index (χ4v) is 0.520. The van der Waals surface area contributed by atoms with Crippen LogP contribution in [-0.2, 0) is 19.3 Å². The van der Waals surface area contributed by atoms with Gasteiger partial charge in [-0.15, -0.1) is 0 Å². The Morgan fingerprint density at radius 1 is 1.38 bits per heavy atom. The molecule has 0 aliphatic rings. The molecule has 0 aromatic carbocycles. The van der Waals surface area contributed by atoms with Gasteiger partial charge in [0.05, 0.1) is 6.61 Å². The first-order chi connectivity index (χ1) is 5.81. The zero-order chi connectivity index (χ0) is 9.23. The van der Waals surface area contributed by atoms with Gasteiger partial charge in [0.2, 0.25) is 0 Å². The predicted molar refractivity (Wildman–Crippen MR) is 44.6 cm³/mol. The summed E-state index contributed by atoms with van der Waals surface area (Å²) in [6.07, 6.45) is 1.91. The topological polar surface area (TPSA) is 44.8 Å². The van der Waals surface area contributed by atoms with Crippen molar-refractivity contribution in [1.82, 2.24) is 0 Å². The maximum atomic E-state index is 10.7. The second kappa shape index (κ2) is 12.4. The van der Waals surface area contributed by atoms with E-state index in [0.29, 0.717) is 13.2 Å². The second-order valence-electron chi connectivity index (χ2n) is 2.27. The van der Waals surface area contributed by atoms with Crippen molar-refractivity contribution in [3.63, 3.8) is 0 Å². The molecule has 0 unspecified atom stereocenters. The Morgan fingerprint density at radius 2 is 2.08 bits per heavy atom. The Hall–Kier alpha value is 0.390. The Labute approximate surface area is 103 Å². The van der Waals surface area contributed by atoms with Gasteiger partial charge in [0, 0.05) is 6.61 Å². The number of carbonyl (C=O) groups excluding carboxylic acids is 1. The van der Waals surface area contributed by atoms with E-state index in [4.69, 9.17) is 4.74 Å². The van der Waals surface area contributed by atoms with E-state index < -0.39 is 5.97 Å². The zero-order valence-corrected chi connectivity index (χ0v) is 10.7. The number of ether oxygens (including phenoxy) is 1. The molecule has 0 bridgehead atoms. The predicted octanol–water partition coefficient (Wildman–Crippen LogP) is -1.59. The number of rotatable bonds is 7. The first-order valence-corrected chi connectivity index (χ1v) is 4.21. The van der Waals surface area contributed by atoms with Crippen LogP contribution in [0.15, 0.2) is 0 Å². The van der Waals surface area contributed by atoms with Gasteiger partial charge in [-0.25, -0.2) is 4.79 Å². The summed E-state index contributed by atoms with van der Waals surface area (Å²) in [5.74, 6) is -0.479. The Kier molecular flexibility index (Phi) is 15.1. The van der Waals surface area contributed by atoms with Crippen LogP contribution in [0.3, 0.4) is 0 Å². The molecule has 0 heterocycles. The van der Waals surface area contributed by atoms with Gasteiger partial charge in [-0.3, -0.25) is 4.89 Å².